The fourth-order valence-corrected chi connectivity index (χ4v) is 1.00. The molecule has 0 atom stereocenters. The fourth-order valence-electron chi connectivity index (χ4n) is 0.485. The molecule has 0 heterocycles. The van der Waals surface area contributed by atoms with Crippen molar-refractivity contribution in [1.82, 2.24) is 10.0 Å². The highest BCUT2D eigenvalue weighted by molar-refractivity contribution is 7.88. The van der Waals surface area contributed by atoms with Crippen LogP contribution in [0.1, 0.15) is 6.42 Å². The molecule has 0 unspecified atom stereocenters. The van der Waals surface area contributed by atoms with Crippen molar-refractivity contribution in [3.05, 3.63) is 0 Å². The molecule has 65 valence electrons. The van der Waals surface area contributed by atoms with E-state index in [2.05, 4.69) is 10.0 Å². The predicted molar refractivity (Wildman–Crippen MR) is 41.2 cm³/mol. The van der Waals surface area contributed by atoms with Crippen LogP contribution in [0, 0.1) is 0 Å². The largest absolute Gasteiger partial charge is 0.348 e. The highest BCUT2D eigenvalue weighted by Gasteiger charge is 1.97. The van der Waals surface area contributed by atoms with E-state index in [1.54, 1.807) is 0 Å². The standard InChI is InChI=1S/C5H11N2O3S/c1-11(9,10)7-4-2-3-6-5-8/h7H,2-4H2,1H3,(H,6,8). The first-order valence-electron chi connectivity index (χ1n) is 3.11. The third-order valence-corrected chi connectivity index (χ3v) is 1.64. The first-order valence-corrected chi connectivity index (χ1v) is 5.00. The molecule has 1 amide bonds. The van der Waals surface area contributed by atoms with Gasteiger partial charge in [0.15, 0.2) is 0 Å². The van der Waals surface area contributed by atoms with Gasteiger partial charge in [0.1, 0.15) is 0 Å². The van der Waals surface area contributed by atoms with E-state index in [9.17, 15) is 13.2 Å². The van der Waals surface area contributed by atoms with Crippen molar-refractivity contribution in [3.8, 4) is 0 Å². The van der Waals surface area contributed by atoms with Crippen molar-refractivity contribution in [2.45, 2.75) is 6.42 Å². The van der Waals surface area contributed by atoms with Gasteiger partial charge in [0.25, 0.3) is 0 Å². The van der Waals surface area contributed by atoms with Gasteiger partial charge in [-0.15, -0.1) is 0 Å². The quantitative estimate of drug-likeness (QED) is 0.388. The molecule has 0 bridgehead atoms. The molecule has 0 aliphatic rings. The molecule has 0 fully saturated rings. The van der Waals surface area contributed by atoms with Crippen LogP contribution in [-0.2, 0) is 14.8 Å². The molecule has 0 saturated heterocycles. The van der Waals surface area contributed by atoms with E-state index in [-0.39, 0.29) is 0 Å². The zero-order chi connectivity index (χ0) is 8.74. The normalized spacial score (nSPS) is 11.0. The number of hydrogen-bond donors (Lipinski definition) is 2. The number of sulfonamides is 1. The third-order valence-electron chi connectivity index (χ3n) is 0.915. The molecule has 0 aliphatic carbocycles. The summed E-state index contributed by atoms with van der Waals surface area (Å²) in [6.45, 7) is 0.777. The Bertz CT molecular complexity index is 200. The molecule has 0 aromatic rings. The molecule has 1 radical (unpaired) electrons. The van der Waals surface area contributed by atoms with Crippen molar-refractivity contribution < 1.29 is 13.2 Å². The molecule has 5 nitrogen and oxygen atoms in total. The molecule has 11 heavy (non-hydrogen) atoms. The van der Waals surface area contributed by atoms with Crippen LogP contribution < -0.4 is 10.0 Å². The second kappa shape index (κ2) is 5.09. The van der Waals surface area contributed by atoms with Crippen molar-refractivity contribution >= 4 is 16.4 Å². The predicted octanol–water partition coefficient (Wildman–Crippen LogP) is -1.42. The molecule has 2 N–H and O–H groups in total. The van der Waals surface area contributed by atoms with Crippen LogP contribution in [-0.4, -0.2) is 34.2 Å². The Morgan fingerprint density at radius 2 is 2.00 bits per heavy atom. The van der Waals surface area contributed by atoms with E-state index in [1.807, 2.05) is 0 Å². The summed E-state index contributed by atoms with van der Waals surface area (Å²) in [6.07, 6.45) is 3.15. The molecule has 6 heteroatoms. The summed E-state index contributed by atoms with van der Waals surface area (Å²) in [5, 5.41) is 2.29. The molecule has 0 aromatic carbocycles. The van der Waals surface area contributed by atoms with Crippen LogP contribution in [0.5, 0.6) is 0 Å². The number of amides is 1. The van der Waals surface area contributed by atoms with E-state index in [4.69, 9.17) is 0 Å². The second-order valence-corrected chi connectivity index (χ2v) is 3.88. The summed E-state index contributed by atoms with van der Waals surface area (Å²) < 4.78 is 23.2. The SMILES string of the molecule is CS(=O)(=O)NCCCN[C]=O. The van der Waals surface area contributed by atoms with E-state index in [0.717, 1.165) is 6.26 Å². The molecule has 0 spiro atoms. The summed E-state index contributed by atoms with van der Waals surface area (Å²) in [5.41, 5.74) is 0. The lowest BCUT2D eigenvalue weighted by Gasteiger charge is -1.99. The van der Waals surface area contributed by atoms with Gasteiger partial charge in [-0.1, -0.05) is 0 Å². The number of nitrogens with one attached hydrogen (secondary N) is 2. The Labute approximate surface area is 66.2 Å². The van der Waals surface area contributed by atoms with Gasteiger partial charge in [-0.2, -0.15) is 0 Å². The van der Waals surface area contributed by atoms with Gasteiger partial charge in [0, 0.05) is 13.1 Å². The fraction of sp³-hybridized carbons (Fsp3) is 0.800. The lowest BCUT2D eigenvalue weighted by molar-refractivity contribution is 0.539. The molecule has 0 rings (SSSR count). The second-order valence-electron chi connectivity index (χ2n) is 2.05. The minimum absolute atomic E-state index is 0.341. The van der Waals surface area contributed by atoms with Gasteiger partial charge in [-0.05, 0) is 6.42 Å². The molecular weight excluding hydrogens is 168 g/mol. The topological polar surface area (TPSA) is 75.3 Å². The number of rotatable bonds is 6. The van der Waals surface area contributed by atoms with Gasteiger partial charge in [0.2, 0.25) is 10.0 Å². The number of hydrogen-bond acceptors (Lipinski definition) is 3. The lowest BCUT2D eigenvalue weighted by atomic mass is 10.4. The monoisotopic (exact) mass is 179 g/mol. The summed E-state index contributed by atoms with van der Waals surface area (Å²) in [4.78, 5) is 9.59. The van der Waals surface area contributed by atoms with Crippen molar-refractivity contribution in [3.63, 3.8) is 0 Å². The molecule has 0 saturated carbocycles. The zero-order valence-corrected chi connectivity index (χ0v) is 7.07. The highest BCUT2D eigenvalue weighted by atomic mass is 32.2. The van der Waals surface area contributed by atoms with Crippen LogP contribution in [0.25, 0.3) is 0 Å². The average molecular weight is 179 g/mol. The van der Waals surface area contributed by atoms with Crippen LogP contribution in [0.15, 0.2) is 0 Å². The Hall–Kier alpha value is -0.620. The Kier molecular flexibility index (Phi) is 4.80. The first-order chi connectivity index (χ1) is 5.06. The first kappa shape index (κ1) is 10.4. The van der Waals surface area contributed by atoms with Gasteiger partial charge >= 0.3 is 6.41 Å². The molecule has 0 aromatic heterocycles. The maximum absolute atomic E-state index is 10.5. The van der Waals surface area contributed by atoms with Crippen molar-refractivity contribution in [1.29, 1.82) is 0 Å². The molecular formula is C5H11N2O3S. The van der Waals surface area contributed by atoms with E-state index in [0.29, 0.717) is 19.5 Å². The zero-order valence-electron chi connectivity index (χ0n) is 6.25. The minimum atomic E-state index is -3.09. The van der Waals surface area contributed by atoms with Gasteiger partial charge in [-0.25, -0.2) is 13.1 Å². The Morgan fingerprint density at radius 3 is 2.45 bits per heavy atom. The van der Waals surface area contributed by atoms with E-state index >= 15 is 0 Å². The average Bonchev–Trinajstić information content (AvgIpc) is 1.85. The van der Waals surface area contributed by atoms with Gasteiger partial charge in [-0.3, -0.25) is 4.79 Å². The summed E-state index contributed by atoms with van der Waals surface area (Å²) >= 11 is 0. The smallest absolute Gasteiger partial charge is 0.309 e. The maximum atomic E-state index is 10.5. The van der Waals surface area contributed by atoms with Gasteiger partial charge < -0.3 is 5.32 Å². The Balaban J connectivity index is 3.22. The van der Waals surface area contributed by atoms with Crippen molar-refractivity contribution in [2.24, 2.45) is 0 Å². The van der Waals surface area contributed by atoms with Crippen LogP contribution >= 0.6 is 0 Å². The van der Waals surface area contributed by atoms with Crippen molar-refractivity contribution in [2.75, 3.05) is 19.3 Å². The lowest BCUT2D eigenvalue weighted by Crippen LogP contribution is -2.25. The minimum Gasteiger partial charge on any atom is -0.348 e. The van der Waals surface area contributed by atoms with E-state index in [1.165, 1.54) is 6.41 Å². The number of carbonyl (C=O) groups excluding carboxylic acids is 1. The van der Waals surface area contributed by atoms with Crippen LogP contribution in [0.4, 0.5) is 0 Å². The third kappa shape index (κ3) is 9.38. The summed E-state index contributed by atoms with van der Waals surface area (Å²) in [6, 6.07) is 0. The maximum Gasteiger partial charge on any atom is 0.309 e. The Morgan fingerprint density at radius 1 is 1.36 bits per heavy atom. The summed E-state index contributed by atoms with van der Waals surface area (Å²) in [5.74, 6) is 0. The van der Waals surface area contributed by atoms with Crippen LogP contribution in [0.3, 0.4) is 0 Å². The van der Waals surface area contributed by atoms with Gasteiger partial charge in [0.05, 0.1) is 6.26 Å². The summed E-state index contributed by atoms with van der Waals surface area (Å²) in [7, 11) is -3.09. The highest BCUT2D eigenvalue weighted by Crippen LogP contribution is 1.76. The van der Waals surface area contributed by atoms with Crippen LogP contribution in [0.2, 0.25) is 0 Å². The molecule has 0 aliphatic heterocycles. The van der Waals surface area contributed by atoms with E-state index < -0.39 is 10.0 Å².